The van der Waals surface area contributed by atoms with E-state index < -0.39 is 0 Å². The summed E-state index contributed by atoms with van der Waals surface area (Å²) in [5.74, 6) is 0.694. The lowest BCUT2D eigenvalue weighted by Crippen LogP contribution is -2.20. The van der Waals surface area contributed by atoms with Crippen LogP contribution in [-0.2, 0) is 13.1 Å². The van der Waals surface area contributed by atoms with Gasteiger partial charge in [0.15, 0.2) is 0 Å². The first-order valence-electron chi connectivity index (χ1n) is 6.95. The van der Waals surface area contributed by atoms with Gasteiger partial charge in [0.2, 0.25) is 0 Å². The Labute approximate surface area is 112 Å². The quantitative estimate of drug-likeness (QED) is 0.768. The number of nitrogens with zero attached hydrogens (tertiary/aromatic N) is 2. The van der Waals surface area contributed by atoms with Crippen molar-refractivity contribution < 1.29 is 0 Å². The number of hydrogen-bond donors (Lipinski definition) is 1. The summed E-state index contributed by atoms with van der Waals surface area (Å²) in [5.41, 5.74) is 2.41. The second-order valence-electron chi connectivity index (χ2n) is 5.42. The second-order valence-corrected chi connectivity index (χ2v) is 5.42. The van der Waals surface area contributed by atoms with Crippen molar-refractivity contribution >= 4 is 0 Å². The van der Waals surface area contributed by atoms with Crippen molar-refractivity contribution in [2.24, 2.45) is 5.92 Å². The van der Waals surface area contributed by atoms with Gasteiger partial charge in [0.25, 0.3) is 0 Å². The number of aromatic nitrogens is 1. The van der Waals surface area contributed by atoms with E-state index in [1.807, 2.05) is 6.20 Å². The molecular formula is C15H27N3. The van der Waals surface area contributed by atoms with Crippen LogP contribution in [0.5, 0.6) is 0 Å². The first kappa shape index (κ1) is 15.1. The van der Waals surface area contributed by atoms with Crippen LogP contribution in [0.1, 0.15) is 38.4 Å². The standard InChI is InChI=1S/C15H27N3/c1-5-8-18(4)12-15-7-6-14(11-17-15)10-16-9-13(2)3/h6-7,11,13,16H,5,8-10,12H2,1-4H3. The molecule has 1 N–H and O–H groups in total. The average Bonchev–Trinajstić information content (AvgIpc) is 2.31. The Hall–Kier alpha value is -0.930. The largest absolute Gasteiger partial charge is 0.312 e. The minimum absolute atomic E-state index is 0.694. The van der Waals surface area contributed by atoms with E-state index in [-0.39, 0.29) is 0 Å². The SMILES string of the molecule is CCCN(C)Cc1ccc(CNCC(C)C)cn1. The van der Waals surface area contributed by atoms with E-state index in [9.17, 15) is 0 Å². The smallest absolute Gasteiger partial charge is 0.0544 e. The molecule has 0 unspecified atom stereocenters. The fourth-order valence-electron chi connectivity index (χ4n) is 1.90. The second kappa shape index (κ2) is 8.22. The maximum absolute atomic E-state index is 4.52. The number of rotatable bonds is 8. The Balaban J connectivity index is 2.37. The molecule has 0 aromatic carbocycles. The molecule has 0 fully saturated rings. The monoisotopic (exact) mass is 249 g/mol. The molecule has 0 aliphatic rings. The highest BCUT2D eigenvalue weighted by Crippen LogP contribution is 2.03. The van der Waals surface area contributed by atoms with E-state index in [4.69, 9.17) is 0 Å². The van der Waals surface area contributed by atoms with E-state index in [0.717, 1.165) is 31.9 Å². The molecule has 1 aromatic rings. The predicted molar refractivity (Wildman–Crippen MR) is 77.4 cm³/mol. The van der Waals surface area contributed by atoms with Gasteiger partial charge in [0.1, 0.15) is 0 Å². The molecule has 0 atom stereocenters. The first-order valence-corrected chi connectivity index (χ1v) is 6.95. The van der Waals surface area contributed by atoms with E-state index >= 15 is 0 Å². The molecule has 0 saturated carbocycles. The van der Waals surface area contributed by atoms with Crippen LogP contribution < -0.4 is 5.32 Å². The van der Waals surface area contributed by atoms with Gasteiger partial charge in [0, 0.05) is 19.3 Å². The minimum atomic E-state index is 0.694. The Bertz CT molecular complexity index is 319. The Morgan fingerprint density at radius 3 is 2.67 bits per heavy atom. The molecule has 102 valence electrons. The van der Waals surface area contributed by atoms with Crippen LogP contribution >= 0.6 is 0 Å². The molecule has 1 aromatic heterocycles. The van der Waals surface area contributed by atoms with E-state index in [1.54, 1.807) is 0 Å². The zero-order valence-electron chi connectivity index (χ0n) is 12.2. The van der Waals surface area contributed by atoms with Crippen molar-refractivity contribution in [2.45, 2.75) is 40.3 Å². The fourth-order valence-corrected chi connectivity index (χ4v) is 1.90. The third-order valence-electron chi connectivity index (χ3n) is 2.80. The molecule has 1 rings (SSSR count). The molecule has 3 heteroatoms. The molecule has 0 aliphatic heterocycles. The summed E-state index contributed by atoms with van der Waals surface area (Å²) in [7, 11) is 2.14. The molecular weight excluding hydrogens is 222 g/mol. The molecule has 0 radical (unpaired) electrons. The Kier molecular flexibility index (Phi) is 6.91. The van der Waals surface area contributed by atoms with Crippen LogP contribution in [0.3, 0.4) is 0 Å². The number of pyridine rings is 1. The van der Waals surface area contributed by atoms with Gasteiger partial charge in [-0.2, -0.15) is 0 Å². The van der Waals surface area contributed by atoms with Gasteiger partial charge in [-0.3, -0.25) is 4.98 Å². The third kappa shape index (κ3) is 6.12. The van der Waals surface area contributed by atoms with Crippen LogP contribution in [0.25, 0.3) is 0 Å². The molecule has 0 bridgehead atoms. The van der Waals surface area contributed by atoms with Gasteiger partial charge in [-0.25, -0.2) is 0 Å². The van der Waals surface area contributed by atoms with Crippen molar-refractivity contribution in [3.05, 3.63) is 29.6 Å². The average molecular weight is 249 g/mol. The van der Waals surface area contributed by atoms with Crippen LogP contribution in [0.4, 0.5) is 0 Å². The summed E-state index contributed by atoms with van der Waals surface area (Å²) < 4.78 is 0. The highest BCUT2D eigenvalue weighted by Gasteiger charge is 2.01. The van der Waals surface area contributed by atoms with Gasteiger partial charge in [-0.05, 0) is 44.1 Å². The summed E-state index contributed by atoms with van der Waals surface area (Å²) >= 11 is 0. The zero-order chi connectivity index (χ0) is 13.4. The van der Waals surface area contributed by atoms with Crippen molar-refractivity contribution in [2.75, 3.05) is 20.1 Å². The molecule has 18 heavy (non-hydrogen) atoms. The van der Waals surface area contributed by atoms with Crippen molar-refractivity contribution in [1.82, 2.24) is 15.2 Å². The lowest BCUT2D eigenvalue weighted by Gasteiger charge is -2.15. The first-order chi connectivity index (χ1) is 8.61. The normalized spacial score (nSPS) is 11.4. The van der Waals surface area contributed by atoms with Crippen LogP contribution in [-0.4, -0.2) is 30.0 Å². The van der Waals surface area contributed by atoms with E-state index in [0.29, 0.717) is 5.92 Å². The maximum atomic E-state index is 4.52. The molecule has 3 nitrogen and oxygen atoms in total. The topological polar surface area (TPSA) is 28.2 Å². The lowest BCUT2D eigenvalue weighted by molar-refractivity contribution is 0.323. The predicted octanol–water partition coefficient (Wildman–Crippen LogP) is 2.67. The van der Waals surface area contributed by atoms with Crippen molar-refractivity contribution in [3.63, 3.8) is 0 Å². The van der Waals surface area contributed by atoms with Gasteiger partial charge in [0.05, 0.1) is 5.69 Å². The van der Waals surface area contributed by atoms with Crippen LogP contribution in [0.15, 0.2) is 18.3 Å². The summed E-state index contributed by atoms with van der Waals surface area (Å²) in [6.07, 6.45) is 3.18. The Morgan fingerprint density at radius 1 is 1.33 bits per heavy atom. The third-order valence-corrected chi connectivity index (χ3v) is 2.80. The Morgan fingerprint density at radius 2 is 2.11 bits per heavy atom. The molecule has 0 aliphatic carbocycles. The van der Waals surface area contributed by atoms with Crippen molar-refractivity contribution in [1.29, 1.82) is 0 Å². The molecule has 0 amide bonds. The zero-order valence-corrected chi connectivity index (χ0v) is 12.2. The number of hydrogen-bond acceptors (Lipinski definition) is 3. The van der Waals surface area contributed by atoms with Gasteiger partial charge >= 0.3 is 0 Å². The van der Waals surface area contributed by atoms with E-state index in [2.05, 4.69) is 55.2 Å². The summed E-state index contributed by atoms with van der Waals surface area (Å²) in [4.78, 5) is 6.82. The minimum Gasteiger partial charge on any atom is -0.312 e. The number of nitrogens with one attached hydrogen (secondary N) is 1. The maximum Gasteiger partial charge on any atom is 0.0544 e. The highest BCUT2D eigenvalue weighted by molar-refractivity contribution is 5.13. The lowest BCUT2D eigenvalue weighted by atomic mass is 10.2. The summed E-state index contributed by atoms with van der Waals surface area (Å²) in [5, 5.41) is 3.43. The van der Waals surface area contributed by atoms with Crippen molar-refractivity contribution in [3.8, 4) is 0 Å². The molecule has 0 spiro atoms. The van der Waals surface area contributed by atoms with Crippen LogP contribution in [0.2, 0.25) is 0 Å². The molecule has 0 saturated heterocycles. The van der Waals surface area contributed by atoms with Gasteiger partial charge in [-0.15, -0.1) is 0 Å². The molecule has 1 heterocycles. The summed E-state index contributed by atoms with van der Waals surface area (Å²) in [6.45, 7) is 10.7. The highest BCUT2D eigenvalue weighted by atomic mass is 15.1. The van der Waals surface area contributed by atoms with Crippen LogP contribution in [0, 0.1) is 5.92 Å². The van der Waals surface area contributed by atoms with Gasteiger partial charge < -0.3 is 10.2 Å². The van der Waals surface area contributed by atoms with E-state index in [1.165, 1.54) is 12.0 Å². The summed E-state index contributed by atoms with van der Waals surface area (Å²) in [6, 6.07) is 4.31. The fraction of sp³-hybridized carbons (Fsp3) is 0.667. The van der Waals surface area contributed by atoms with Gasteiger partial charge in [-0.1, -0.05) is 26.8 Å².